The van der Waals surface area contributed by atoms with Crippen molar-refractivity contribution in [3.05, 3.63) is 40.4 Å². The minimum absolute atomic E-state index is 0.0935. The third kappa shape index (κ3) is 5.33. The zero-order valence-corrected chi connectivity index (χ0v) is 20.5. The van der Waals surface area contributed by atoms with E-state index in [1.807, 2.05) is 24.3 Å². The van der Waals surface area contributed by atoms with E-state index in [0.717, 1.165) is 17.7 Å². The topological polar surface area (TPSA) is 104 Å². The van der Waals surface area contributed by atoms with E-state index in [1.54, 1.807) is 0 Å². The number of ether oxygens (including phenoxy) is 2. The molecular formula is C24H31ClN4O2S. The number of nitrogens with one attached hydrogen (secondary N) is 3. The molecule has 5 N–H and O–H groups in total. The zero-order valence-electron chi connectivity index (χ0n) is 19.0. The number of benzene rings is 2. The molecule has 0 amide bonds. The first-order valence-corrected chi connectivity index (χ1v) is 12.0. The largest absolute Gasteiger partial charge is 0.492 e. The Morgan fingerprint density at radius 1 is 0.938 bits per heavy atom. The van der Waals surface area contributed by atoms with E-state index < -0.39 is 0 Å². The average Bonchev–Trinajstić information content (AvgIpc) is 3.01. The first kappa shape index (κ1) is 24.3. The van der Waals surface area contributed by atoms with E-state index in [0.29, 0.717) is 63.3 Å². The minimum Gasteiger partial charge on any atom is -0.492 e. The summed E-state index contributed by atoms with van der Waals surface area (Å²) in [5.74, 6) is 2.04. The molecule has 172 valence electrons. The normalized spacial score (nSPS) is 13.0. The standard InChI is InChI=1S/C24H31ClN4O2S/c1-13(2)9-11-30-20-17-18(24(28)29-23(17)27)21(31-12-10-14(3)4)22(19(20)25)32-16-8-6-5-7-15(16)26/h5-8,13-14H,9-12,26H2,1-4H3,(H3,27,28,29). The molecule has 2 aromatic carbocycles. The summed E-state index contributed by atoms with van der Waals surface area (Å²) in [6.07, 6.45) is 1.71. The number of halogens is 1. The number of para-hydroxylation sites is 1. The molecule has 0 bridgehead atoms. The Labute approximate surface area is 199 Å². The lowest BCUT2D eigenvalue weighted by Crippen LogP contribution is -2.20. The molecule has 0 unspecified atom stereocenters. The molecule has 0 spiro atoms. The van der Waals surface area contributed by atoms with Crippen LogP contribution in [0.2, 0.25) is 5.02 Å². The molecule has 32 heavy (non-hydrogen) atoms. The summed E-state index contributed by atoms with van der Waals surface area (Å²) >= 11 is 8.30. The van der Waals surface area contributed by atoms with Crippen LogP contribution in [0, 0.1) is 22.7 Å². The van der Waals surface area contributed by atoms with Gasteiger partial charge in [0, 0.05) is 10.6 Å². The quantitative estimate of drug-likeness (QED) is 0.308. The summed E-state index contributed by atoms with van der Waals surface area (Å²) in [5, 5.41) is 20.1. The Morgan fingerprint density at radius 3 is 2.03 bits per heavy atom. The lowest BCUT2D eigenvalue weighted by molar-refractivity contribution is 0.276. The highest BCUT2D eigenvalue weighted by molar-refractivity contribution is 7.99. The molecule has 1 aliphatic rings. The molecule has 2 aromatic rings. The van der Waals surface area contributed by atoms with Gasteiger partial charge in [-0.1, -0.05) is 63.2 Å². The van der Waals surface area contributed by atoms with Crippen LogP contribution in [0.4, 0.5) is 5.69 Å². The molecule has 0 aliphatic carbocycles. The highest BCUT2D eigenvalue weighted by Crippen LogP contribution is 2.51. The number of fused-ring (bicyclic) bond motifs is 1. The zero-order chi connectivity index (χ0) is 23.4. The first-order valence-electron chi connectivity index (χ1n) is 10.8. The van der Waals surface area contributed by atoms with Gasteiger partial charge < -0.3 is 20.5 Å². The van der Waals surface area contributed by atoms with Crippen molar-refractivity contribution in [2.24, 2.45) is 11.8 Å². The maximum absolute atomic E-state index is 8.49. The molecule has 3 rings (SSSR count). The Bertz CT molecular complexity index is 1020. The van der Waals surface area contributed by atoms with Gasteiger partial charge in [0.1, 0.15) is 22.4 Å². The van der Waals surface area contributed by atoms with Gasteiger partial charge in [0.2, 0.25) is 0 Å². The predicted octanol–water partition coefficient (Wildman–Crippen LogP) is 6.18. The summed E-state index contributed by atoms with van der Waals surface area (Å²) in [6, 6.07) is 7.55. The summed E-state index contributed by atoms with van der Waals surface area (Å²) in [5.41, 5.74) is 7.82. The fourth-order valence-electron chi connectivity index (χ4n) is 3.22. The van der Waals surface area contributed by atoms with Gasteiger partial charge in [0.25, 0.3) is 0 Å². The van der Waals surface area contributed by atoms with Crippen LogP contribution in [0.1, 0.15) is 51.7 Å². The number of anilines is 1. The molecule has 8 heteroatoms. The number of nitrogen functional groups attached to an aromatic ring is 1. The number of amidine groups is 2. The molecule has 0 radical (unpaired) electrons. The summed E-state index contributed by atoms with van der Waals surface area (Å²) in [4.78, 5) is 1.48. The maximum atomic E-state index is 8.49. The lowest BCUT2D eigenvalue weighted by Gasteiger charge is -2.21. The van der Waals surface area contributed by atoms with E-state index in [2.05, 4.69) is 33.0 Å². The van der Waals surface area contributed by atoms with Crippen molar-refractivity contribution in [3.63, 3.8) is 0 Å². The van der Waals surface area contributed by atoms with Gasteiger partial charge in [0.15, 0.2) is 5.75 Å². The van der Waals surface area contributed by atoms with Crippen molar-refractivity contribution >= 4 is 40.7 Å². The molecule has 0 atom stereocenters. The van der Waals surface area contributed by atoms with E-state index in [4.69, 9.17) is 37.6 Å². The molecule has 1 heterocycles. The van der Waals surface area contributed by atoms with Gasteiger partial charge in [-0.05, 0) is 36.8 Å². The van der Waals surface area contributed by atoms with Crippen molar-refractivity contribution in [3.8, 4) is 11.5 Å². The van der Waals surface area contributed by atoms with Gasteiger partial charge in [-0.25, -0.2) is 0 Å². The highest BCUT2D eigenvalue weighted by Gasteiger charge is 2.35. The van der Waals surface area contributed by atoms with Crippen LogP contribution in [0.5, 0.6) is 11.5 Å². The minimum atomic E-state index is 0.0935. The third-order valence-corrected chi connectivity index (χ3v) is 6.73. The van der Waals surface area contributed by atoms with Crippen LogP contribution >= 0.6 is 23.4 Å². The summed E-state index contributed by atoms with van der Waals surface area (Å²) < 4.78 is 12.3. The Kier molecular flexibility index (Phi) is 7.96. The lowest BCUT2D eigenvalue weighted by atomic mass is 10.1. The second-order valence-electron chi connectivity index (χ2n) is 8.63. The van der Waals surface area contributed by atoms with E-state index in [1.165, 1.54) is 11.8 Å². The van der Waals surface area contributed by atoms with Gasteiger partial charge >= 0.3 is 0 Å². The van der Waals surface area contributed by atoms with Crippen LogP contribution in [-0.2, 0) is 0 Å². The van der Waals surface area contributed by atoms with Gasteiger partial charge in [-0.3, -0.25) is 10.8 Å². The summed E-state index contributed by atoms with van der Waals surface area (Å²) in [6.45, 7) is 9.46. The van der Waals surface area contributed by atoms with Crippen LogP contribution in [0.15, 0.2) is 34.1 Å². The Balaban J connectivity index is 2.14. The Hall–Kier alpha value is -2.38. The number of hydrogen-bond donors (Lipinski definition) is 4. The fourth-order valence-corrected chi connectivity index (χ4v) is 4.56. The molecule has 6 nitrogen and oxygen atoms in total. The smallest absolute Gasteiger partial charge is 0.150 e. The van der Waals surface area contributed by atoms with Crippen LogP contribution in [-0.4, -0.2) is 24.9 Å². The molecule has 0 fully saturated rings. The van der Waals surface area contributed by atoms with Crippen molar-refractivity contribution < 1.29 is 9.47 Å². The second-order valence-corrected chi connectivity index (χ2v) is 10.1. The van der Waals surface area contributed by atoms with E-state index in [9.17, 15) is 0 Å². The van der Waals surface area contributed by atoms with Crippen molar-refractivity contribution in [2.75, 3.05) is 18.9 Å². The molecule has 0 aromatic heterocycles. The number of hydrogen-bond acceptors (Lipinski definition) is 6. The summed E-state index contributed by atoms with van der Waals surface area (Å²) in [7, 11) is 0. The van der Waals surface area contributed by atoms with E-state index >= 15 is 0 Å². The van der Waals surface area contributed by atoms with Gasteiger partial charge in [-0.15, -0.1) is 0 Å². The SMILES string of the molecule is CC(C)CCOc1c(Cl)c(Sc2ccccc2N)c(OCCC(C)C)c2c1C(=N)NC2=N. The molecule has 1 aliphatic heterocycles. The van der Waals surface area contributed by atoms with Gasteiger partial charge in [0.05, 0.1) is 29.2 Å². The molecule has 0 saturated heterocycles. The Morgan fingerprint density at radius 2 is 1.47 bits per heavy atom. The monoisotopic (exact) mass is 474 g/mol. The van der Waals surface area contributed by atoms with Crippen LogP contribution in [0.25, 0.3) is 0 Å². The number of nitrogens with two attached hydrogens (primary N) is 1. The van der Waals surface area contributed by atoms with Crippen molar-refractivity contribution in [1.29, 1.82) is 10.8 Å². The second kappa shape index (κ2) is 10.5. The highest BCUT2D eigenvalue weighted by atomic mass is 35.5. The van der Waals surface area contributed by atoms with Crippen molar-refractivity contribution in [2.45, 2.75) is 50.3 Å². The van der Waals surface area contributed by atoms with Crippen LogP contribution < -0.4 is 20.5 Å². The predicted molar refractivity (Wildman–Crippen MR) is 133 cm³/mol. The third-order valence-electron chi connectivity index (χ3n) is 5.07. The first-order chi connectivity index (χ1) is 15.2. The number of rotatable bonds is 10. The molecular weight excluding hydrogens is 444 g/mol. The van der Waals surface area contributed by atoms with Crippen LogP contribution in [0.3, 0.4) is 0 Å². The van der Waals surface area contributed by atoms with E-state index in [-0.39, 0.29) is 11.7 Å². The van der Waals surface area contributed by atoms with Crippen molar-refractivity contribution in [1.82, 2.24) is 5.32 Å². The molecule has 0 saturated carbocycles. The fraction of sp³-hybridized carbons (Fsp3) is 0.417. The average molecular weight is 475 g/mol. The maximum Gasteiger partial charge on any atom is 0.150 e. The van der Waals surface area contributed by atoms with Gasteiger partial charge in [-0.2, -0.15) is 0 Å².